The number of aromatic hydroxyl groups is 1. The third-order valence-electron chi connectivity index (χ3n) is 3.83. The number of carboxylic acid groups (broad SMARTS) is 1. The van der Waals surface area contributed by atoms with Gasteiger partial charge in [0.05, 0.1) is 4.88 Å². The third-order valence-corrected chi connectivity index (χ3v) is 5.33. The molecule has 0 saturated heterocycles. The molecule has 2 heterocycles. The van der Waals surface area contributed by atoms with E-state index in [1.807, 2.05) is 36.4 Å². The summed E-state index contributed by atoms with van der Waals surface area (Å²) in [5.74, 6) is 0.299. The Morgan fingerprint density at radius 3 is 2.62 bits per heavy atom. The van der Waals surface area contributed by atoms with Crippen LogP contribution in [0.5, 0.6) is 5.88 Å². The zero-order valence-corrected chi connectivity index (χ0v) is 16.0. The molecule has 26 heavy (non-hydrogen) atoms. The highest BCUT2D eigenvalue weighted by atomic mass is 79.9. The van der Waals surface area contributed by atoms with Crippen LogP contribution in [-0.2, 0) is 17.8 Å². The molecular formula is C18H16BrNO5S. The minimum atomic E-state index is -0.927. The highest BCUT2D eigenvalue weighted by molar-refractivity contribution is 9.10. The van der Waals surface area contributed by atoms with E-state index in [-0.39, 0.29) is 30.1 Å². The van der Waals surface area contributed by atoms with Gasteiger partial charge in [-0.15, -0.1) is 0 Å². The number of furan rings is 1. The fourth-order valence-corrected chi connectivity index (χ4v) is 3.72. The first-order valence-corrected chi connectivity index (χ1v) is 9.53. The average molecular weight is 438 g/mol. The number of hydrogen-bond acceptors (Lipinski definition) is 5. The Kier molecular flexibility index (Phi) is 5.63. The van der Waals surface area contributed by atoms with Gasteiger partial charge in [0.2, 0.25) is 5.88 Å². The number of aromatic nitrogens is 1. The van der Waals surface area contributed by atoms with Crippen molar-refractivity contribution < 1.29 is 19.4 Å². The second-order valence-corrected chi connectivity index (χ2v) is 7.68. The number of nitrogens with zero attached hydrogens (tertiary/aromatic N) is 1. The predicted octanol–water partition coefficient (Wildman–Crippen LogP) is 4.09. The molecule has 0 aliphatic rings. The second-order valence-electron chi connectivity index (χ2n) is 5.71. The minimum absolute atomic E-state index is 0.0498. The van der Waals surface area contributed by atoms with Gasteiger partial charge in [-0.1, -0.05) is 39.4 Å². The highest BCUT2D eigenvalue weighted by Crippen LogP contribution is 2.28. The van der Waals surface area contributed by atoms with Crippen molar-refractivity contribution in [2.75, 3.05) is 0 Å². The number of carboxylic acids is 1. The van der Waals surface area contributed by atoms with E-state index in [9.17, 15) is 14.7 Å². The summed E-state index contributed by atoms with van der Waals surface area (Å²) >= 11 is 4.33. The quantitative estimate of drug-likeness (QED) is 0.580. The van der Waals surface area contributed by atoms with Crippen LogP contribution in [0.4, 0.5) is 0 Å². The van der Waals surface area contributed by atoms with Crippen LogP contribution in [0.3, 0.4) is 0 Å². The average Bonchev–Trinajstić information content (AvgIpc) is 3.15. The van der Waals surface area contributed by atoms with Crippen molar-refractivity contribution in [2.45, 2.75) is 25.8 Å². The number of rotatable bonds is 7. The van der Waals surface area contributed by atoms with Crippen LogP contribution in [0.15, 0.2) is 50.1 Å². The molecule has 8 heteroatoms. The Bertz CT molecular complexity index is 970. The van der Waals surface area contributed by atoms with Crippen LogP contribution in [0.2, 0.25) is 0 Å². The van der Waals surface area contributed by atoms with Gasteiger partial charge in [0, 0.05) is 29.4 Å². The van der Waals surface area contributed by atoms with Crippen LogP contribution in [0.25, 0.3) is 11.3 Å². The van der Waals surface area contributed by atoms with E-state index in [2.05, 4.69) is 15.9 Å². The topological polar surface area (TPSA) is 92.7 Å². The molecule has 3 aromatic rings. The van der Waals surface area contributed by atoms with Gasteiger partial charge >= 0.3 is 10.8 Å². The van der Waals surface area contributed by atoms with Crippen molar-refractivity contribution in [3.05, 3.63) is 61.2 Å². The number of halogens is 1. The summed E-state index contributed by atoms with van der Waals surface area (Å²) in [5, 5.41) is 18.9. The maximum atomic E-state index is 12.0. The van der Waals surface area contributed by atoms with Crippen molar-refractivity contribution in [1.82, 2.24) is 4.57 Å². The summed E-state index contributed by atoms with van der Waals surface area (Å²) in [4.78, 5) is 22.8. The lowest BCUT2D eigenvalue weighted by atomic mass is 10.2. The van der Waals surface area contributed by atoms with E-state index >= 15 is 0 Å². The Balaban J connectivity index is 1.74. The maximum absolute atomic E-state index is 12.0. The van der Waals surface area contributed by atoms with Gasteiger partial charge in [0.25, 0.3) is 0 Å². The zero-order valence-electron chi connectivity index (χ0n) is 13.6. The van der Waals surface area contributed by atoms with Crippen molar-refractivity contribution in [1.29, 1.82) is 0 Å². The largest absolute Gasteiger partial charge is 0.494 e. The van der Waals surface area contributed by atoms with E-state index in [0.29, 0.717) is 22.8 Å². The number of hydrogen-bond donors (Lipinski definition) is 2. The van der Waals surface area contributed by atoms with Crippen LogP contribution >= 0.6 is 27.3 Å². The van der Waals surface area contributed by atoms with Crippen molar-refractivity contribution in [3.8, 4) is 17.2 Å². The molecule has 0 radical (unpaired) electrons. The molecule has 0 atom stereocenters. The monoisotopic (exact) mass is 437 g/mol. The number of aliphatic carboxylic acids is 1. The molecule has 0 aliphatic heterocycles. The summed E-state index contributed by atoms with van der Waals surface area (Å²) in [5.41, 5.74) is 0.933. The van der Waals surface area contributed by atoms with Crippen molar-refractivity contribution in [3.63, 3.8) is 0 Å². The molecule has 6 nitrogen and oxygen atoms in total. The molecule has 0 amide bonds. The van der Waals surface area contributed by atoms with E-state index in [0.717, 1.165) is 21.4 Å². The van der Waals surface area contributed by atoms with Gasteiger partial charge in [0.1, 0.15) is 11.5 Å². The minimum Gasteiger partial charge on any atom is -0.494 e. The van der Waals surface area contributed by atoms with E-state index < -0.39 is 5.97 Å². The smallest absolute Gasteiger partial charge is 0.310 e. The normalized spacial score (nSPS) is 11.0. The molecular weight excluding hydrogens is 422 g/mol. The Hall–Kier alpha value is -2.32. The highest BCUT2D eigenvalue weighted by Gasteiger charge is 2.16. The lowest BCUT2D eigenvalue weighted by molar-refractivity contribution is -0.137. The van der Waals surface area contributed by atoms with Gasteiger partial charge in [-0.25, -0.2) is 0 Å². The van der Waals surface area contributed by atoms with Crippen LogP contribution < -0.4 is 4.87 Å². The molecule has 2 N–H and O–H groups in total. The summed E-state index contributed by atoms with van der Waals surface area (Å²) in [6.45, 7) is 0.176. The fraction of sp³-hybridized carbons (Fsp3) is 0.222. The van der Waals surface area contributed by atoms with E-state index in [1.54, 1.807) is 0 Å². The Morgan fingerprint density at radius 2 is 1.92 bits per heavy atom. The molecule has 0 fully saturated rings. The van der Waals surface area contributed by atoms with E-state index in [1.165, 1.54) is 4.57 Å². The number of carbonyl (C=O) groups is 1. The molecule has 0 saturated carbocycles. The summed E-state index contributed by atoms with van der Waals surface area (Å²) in [6, 6.07) is 11.4. The summed E-state index contributed by atoms with van der Waals surface area (Å²) in [7, 11) is 0. The molecule has 0 spiro atoms. The van der Waals surface area contributed by atoms with Gasteiger partial charge in [0.15, 0.2) is 0 Å². The molecule has 1 aromatic carbocycles. The Labute approximate surface area is 161 Å². The molecule has 3 rings (SSSR count). The third kappa shape index (κ3) is 4.25. The summed E-state index contributed by atoms with van der Waals surface area (Å²) in [6.07, 6.45) is 0.535. The van der Waals surface area contributed by atoms with Gasteiger partial charge in [-0.2, -0.15) is 0 Å². The Morgan fingerprint density at radius 1 is 1.19 bits per heavy atom. The van der Waals surface area contributed by atoms with E-state index in [4.69, 9.17) is 9.52 Å². The van der Waals surface area contributed by atoms with Gasteiger partial charge in [-0.3, -0.25) is 14.2 Å². The zero-order chi connectivity index (χ0) is 18.7. The summed E-state index contributed by atoms with van der Waals surface area (Å²) < 4.78 is 8.01. The molecule has 2 aromatic heterocycles. The first-order valence-electron chi connectivity index (χ1n) is 7.92. The van der Waals surface area contributed by atoms with Crippen LogP contribution in [-0.4, -0.2) is 20.7 Å². The van der Waals surface area contributed by atoms with Gasteiger partial charge in [-0.05, 0) is 30.7 Å². The van der Waals surface area contributed by atoms with Gasteiger partial charge < -0.3 is 14.6 Å². The van der Waals surface area contributed by atoms with Crippen molar-refractivity contribution >= 4 is 33.2 Å². The lowest BCUT2D eigenvalue weighted by Gasteiger charge is -2.02. The van der Waals surface area contributed by atoms with Crippen LogP contribution in [0.1, 0.15) is 23.5 Å². The number of thiazole rings is 1. The molecule has 0 unspecified atom stereocenters. The standard InChI is InChI=1S/C18H16BrNO5S/c19-12-5-3-11(4-6-12)14-8-7-13(25-14)10-15-17(23)20(18(24)26-15)9-1-2-16(21)22/h3-8,23H,1-2,9-10H2,(H,21,22). The SMILES string of the molecule is O=C(O)CCCn1c(O)c(Cc2ccc(-c3ccc(Br)cc3)o2)sc1=O. The second kappa shape index (κ2) is 7.92. The van der Waals surface area contributed by atoms with Crippen molar-refractivity contribution in [2.24, 2.45) is 0 Å². The molecule has 0 bridgehead atoms. The maximum Gasteiger partial charge on any atom is 0.310 e. The molecule has 136 valence electrons. The van der Waals surface area contributed by atoms with Crippen LogP contribution in [0, 0.1) is 0 Å². The first kappa shape index (κ1) is 18.5. The first-order chi connectivity index (χ1) is 12.4. The fourth-order valence-electron chi connectivity index (χ4n) is 2.54. The predicted molar refractivity (Wildman–Crippen MR) is 102 cm³/mol. The lowest BCUT2D eigenvalue weighted by Crippen LogP contribution is -2.13. The number of benzene rings is 1. The molecule has 0 aliphatic carbocycles.